The fraction of sp³-hybridized carbons (Fsp3) is 0.571. The number of aryl methyl sites for hydroxylation is 1. The molecule has 0 saturated carbocycles. The Kier molecular flexibility index (Phi) is 2.78. The molecular weight excluding hydrogens is 221 g/mol. The average Bonchev–Trinajstić information content (AvgIpc) is 2.27. The van der Waals surface area contributed by atoms with Crippen LogP contribution in [0.25, 0.3) is 0 Å². The summed E-state index contributed by atoms with van der Waals surface area (Å²) in [5.41, 5.74) is -1.53. The van der Waals surface area contributed by atoms with Crippen molar-refractivity contribution in [2.75, 3.05) is 0 Å². The van der Waals surface area contributed by atoms with E-state index in [0.29, 0.717) is 0 Å². The fourth-order valence-electron chi connectivity index (χ4n) is 1.10. The van der Waals surface area contributed by atoms with Crippen LogP contribution >= 0.6 is 11.6 Å². The van der Waals surface area contributed by atoms with E-state index in [1.54, 1.807) is 0 Å². The smallest absolute Gasteiger partial charge is 0.389 e. The summed E-state index contributed by atoms with van der Waals surface area (Å²) in [6.45, 7) is 1.21. The molecule has 3 nitrogen and oxygen atoms in total. The number of rotatable bonds is 1. The molecule has 1 N–H and O–H groups in total. The molecule has 1 heterocycles. The maximum absolute atomic E-state index is 12.4. The lowest BCUT2D eigenvalue weighted by molar-refractivity contribution is -0.142. The number of aromatic nitrogens is 2. The Morgan fingerprint density at radius 2 is 2.00 bits per heavy atom. The van der Waals surface area contributed by atoms with Gasteiger partial charge in [-0.15, -0.1) is 0 Å². The Morgan fingerprint density at radius 3 is 2.29 bits per heavy atom. The Hall–Kier alpha value is -0.750. The van der Waals surface area contributed by atoms with Crippen LogP contribution in [-0.2, 0) is 13.2 Å². The lowest BCUT2D eigenvalue weighted by Crippen LogP contribution is -2.10. The van der Waals surface area contributed by atoms with Crippen LogP contribution in [0.3, 0.4) is 0 Å². The molecule has 0 aliphatic heterocycles. The summed E-state index contributed by atoms with van der Waals surface area (Å²) < 4.78 is 38.0. The maximum Gasteiger partial charge on any atom is 0.435 e. The minimum Gasteiger partial charge on any atom is -0.389 e. The van der Waals surface area contributed by atoms with Gasteiger partial charge >= 0.3 is 6.18 Å². The molecule has 1 rings (SSSR count). The third-order valence-electron chi connectivity index (χ3n) is 1.70. The Bertz CT molecular complexity index is 345. The van der Waals surface area contributed by atoms with E-state index >= 15 is 0 Å². The van der Waals surface area contributed by atoms with E-state index < -0.39 is 18.0 Å². The fourth-order valence-corrected chi connectivity index (χ4v) is 1.38. The maximum atomic E-state index is 12.4. The van der Waals surface area contributed by atoms with Gasteiger partial charge in [0.2, 0.25) is 0 Å². The molecule has 0 spiro atoms. The van der Waals surface area contributed by atoms with Crippen LogP contribution in [0.1, 0.15) is 24.3 Å². The highest BCUT2D eigenvalue weighted by molar-refractivity contribution is 6.30. The number of aliphatic hydroxyl groups is 1. The minimum absolute atomic E-state index is 0.202. The zero-order valence-corrected chi connectivity index (χ0v) is 8.19. The number of nitrogens with zero attached hydrogens (tertiary/aromatic N) is 2. The van der Waals surface area contributed by atoms with Gasteiger partial charge in [-0.3, -0.25) is 4.68 Å². The molecule has 0 aliphatic rings. The predicted molar refractivity (Wildman–Crippen MR) is 43.9 cm³/mol. The van der Waals surface area contributed by atoms with Crippen LogP contribution in [0.2, 0.25) is 5.15 Å². The van der Waals surface area contributed by atoms with E-state index in [0.717, 1.165) is 4.68 Å². The second-order valence-corrected chi connectivity index (χ2v) is 3.21. The van der Waals surface area contributed by atoms with E-state index in [9.17, 15) is 13.2 Å². The number of hydrogen-bond acceptors (Lipinski definition) is 2. The van der Waals surface area contributed by atoms with Crippen molar-refractivity contribution >= 4 is 11.6 Å². The van der Waals surface area contributed by atoms with Gasteiger partial charge in [0.1, 0.15) is 5.15 Å². The minimum atomic E-state index is -4.60. The quantitative estimate of drug-likeness (QED) is 0.800. The molecule has 1 atom stereocenters. The van der Waals surface area contributed by atoms with Gasteiger partial charge in [-0.2, -0.15) is 18.3 Å². The third-order valence-corrected chi connectivity index (χ3v) is 2.15. The van der Waals surface area contributed by atoms with Gasteiger partial charge in [-0.1, -0.05) is 11.6 Å². The first-order valence-corrected chi connectivity index (χ1v) is 4.10. The molecule has 0 aliphatic carbocycles. The van der Waals surface area contributed by atoms with Crippen LogP contribution in [0.4, 0.5) is 13.2 Å². The van der Waals surface area contributed by atoms with Gasteiger partial charge in [0.05, 0.1) is 6.10 Å². The molecule has 0 aromatic carbocycles. The topological polar surface area (TPSA) is 38.1 Å². The van der Waals surface area contributed by atoms with Crippen LogP contribution in [0.5, 0.6) is 0 Å². The summed E-state index contributed by atoms with van der Waals surface area (Å²) in [5, 5.41) is 12.1. The average molecular weight is 229 g/mol. The monoisotopic (exact) mass is 228 g/mol. The molecule has 0 unspecified atom stereocenters. The van der Waals surface area contributed by atoms with Crippen molar-refractivity contribution < 1.29 is 18.3 Å². The van der Waals surface area contributed by atoms with Gasteiger partial charge in [0.15, 0.2) is 5.69 Å². The zero-order chi connectivity index (χ0) is 11.1. The van der Waals surface area contributed by atoms with E-state index in [1.165, 1.54) is 14.0 Å². The lowest BCUT2D eigenvalue weighted by atomic mass is 10.1. The van der Waals surface area contributed by atoms with Gasteiger partial charge < -0.3 is 5.11 Å². The van der Waals surface area contributed by atoms with Crippen molar-refractivity contribution in [2.45, 2.75) is 19.2 Å². The molecule has 0 saturated heterocycles. The Balaban J connectivity index is 3.37. The molecule has 0 bridgehead atoms. The van der Waals surface area contributed by atoms with Crippen molar-refractivity contribution in [1.29, 1.82) is 0 Å². The first kappa shape index (κ1) is 11.3. The third kappa shape index (κ3) is 1.85. The van der Waals surface area contributed by atoms with E-state index in [1.807, 2.05) is 0 Å². The Morgan fingerprint density at radius 1 is 1.50 bits per heavy atom. The molecule has 0 radical (unpaired) electrons. The molecule has 1 aromatic heterocycles. The largest absolute Gasteiger partial charge is 0.435 e. The molecule has 14 heavy (non-hydrogen) atoms. The van der Waals surface area contributed by atoms with Gasteiger partial charge in [0.25, 0.3) is 0 Å². The summed E-state index contributed by atoms with van der Waals surface area (Å²) in [7, 11) is 1.28. The second kappa shape index (κ2) is 3.43. The molecule has 0 fully saturated rings. The number of hydrogen-bond donors (Lipinski definition) is 1. The van der Waals surface area contributed by atoms with Crippen molar-refractivity contribution in [3.63, 3.8) is 0 Å². The lowest BCUT2D eigenvalue weighted by Gasteiger charge is -2.07. The summed E-state index contributed by atoms with van der Waals surface area (Å²) in [6.07, 6.45) is -5.90. The standard InChI is InChI=1S/C7H8ClF3N2O/c1-3(14)4-5(7(9,10)11)12-13(2)6(4)8/h3,14H,1-2H3/t3-/m1/s1. The van der Waals surface area contributed by atoms with Crippen molar-refractivity contribution in [1.82, 2.24) is 9.78 Å². The number of halogens is 4. The predicted octanol–water partition coefficient (Wildman–Crippen LogP) is 2.15. The first-order valence-electron chi connectivity index (χ1n) is 3.72. The number of alkyl halides is 3. The van der Waals surface area contributed by atoms with Crippen LogP contribution < -0.4 is 0 Å². The number of aliphatic hydroxyl groups excluding tert-OH is 1. The van der Waals surface area contributed by atoms with Crippen LogP contribution in [0, 0.1) is 0 Å². The zero-order valence-electron chi connectivity index (χ0n) is 7.43. The molecule has 0 amide bonds. The summed E-state index contributed by atoms with van der Waals surface area (Å²) in [5.74, 6) is 0. The van der Waals surface area contributed by atoms with E-state index in [-0.39, 0.29) is 10.7 Å². The van der Waals surface area contributed by atoms with Crippen LogP contribution in [-0.4, -0.2) is 14.9 Å². The van der Waals surface area contributed by atoms with Crippen molar-refractivity contribution in [3.8, 4) is 0 Å². The van der Waals surface area contributed by atoms with Gasteiger partial charge in [0, 0.05) is 12.6 Å². The summed E-state index contributed by atoms with van der Waals surface area (Å²) in [6, 6.07) is 0. The summed E-state index contributed by atoms with van der Waals surface area (Å²) >= 11 is 5.56. The molecule has 7 heteroatoms. The van der Waals surface area contributed by atoms with Crippen molar-refractivity contribution in [2.24, 2.45) is 7.05 Å². The highest BCUT2D eigenvalue weighted by Gasteiger charge is 2.39. The summed E-state index contributed by atoms with van der Waals surface area (Å²) in [4.78, 5) is 0. The SMILES string of the molecule is C[C@@H](O)c1c(C(F)(F)F)nn(C)c1Cl. The normalized spacial score (nSPS) is 14.5. The Labute approximate surface area is 83.1 Å². The molecular formula is C7H8ClF3N2O. The molecule has 80 valence electrons. The van der Waals surface area contributed by atoms with E-state index in [2.05, 4.69) is 5.10 Å². The van der Waals surface area contributed by atoms with E-state index in [4.69, 9.17) is 16.7 Å². The van der Waals surface area contributed by atoms with Crippen molar-refractivity contribution in [3.05, 3.63) is 16.4 Å². The highest BCUT2D eigenvalue weighted by Crippen LogP contribution is 2.36. The first-order chi connectivity index (χ1) is 6.25. The van der Waals surface area contributed by atoms with Gasteiger partial charge in [-0.25, -0.2) is 0 Å². The van der Waals surface area contributed by atoms with Gasteiger partial charge in [-0.05, 0) is 6.92 Å². The molecule has 1 aromatic rings. The van der Waals surface area contributed by atoms with Crippen LogP contribution in [0.15, 0.2) is 0 Å². The highest BCUT2D eigenvalue weighted by atomic mass is 35.5. The second-order valence-electron chi connectivity index (χ2n) is 2.85.